The number of H-pyrrole nitrogens is 1. The van der Waals surface area contributed by atoms with E-state index in [9.17, 15) is 0 Å². The minimum absolute atomic E-state index is 0.668. The van der Waals surface area contributed by atoms with Crippen molar-refractivity contribution in [3.63, 3.8) is 0 Å². The largest absolute Gasteiger partial charge is 0.370 e. The van der Waals surface area contributed by atoms with Crippen molar-refractivity contribution in [3.8, 4) is 11.4 Å². The molecule has 3 heteroatoms. The summed E-state index contributed by atoms with van der Waals surface area (Å²) in [5, 5.41) is 1.27. The molecule has 3 nitrogen and oxygen atoms in total. The van der Waals surface area contributed by atoms with Crippen LogP contribution in [0.5, 0.6) is 0 Å². The number of hydrogen-bond acceptors (Lipinski definition) is 2. The van der Waals surface area contributed by atoms with Crippen LogP contribution in [0, 0.1) is 6.92 Å². The lowest BCUT2D eigenvalue weighted by Gasteiger charge is -2.27. The summed E-state index contributed by atoms with van der Waals surface area (Å²) in [6.45, 7) is 2.18. The van der Waals surface area contributed by atoms with Gasteiger partial charge in [-0.3, -0.25) is 4.98 Å². The third-order valence-corrected chi connectivity index (χ3v) is 5.05. The number of aromatic nitrogens is 2. The summed E-state index contributed by atoms with van der Waals surface area (Å²) < 4.78 is 0. The Hall–Kier alpha value is -2.29. The molecular weight excluding hydrogens is 282 g/mol. The molecule has 4 rings (SSSR count). The van der Waals surface area contributed by atoms with Crippen LogP contribution >= 0.6 is 0 Å². The fraction of sp³-hybridized carbons (Fsp3) is 0.350. The number of nitrogens with one attached hydrogen (secondary N) is 1. The van der Waals surface area contributed by atoms with E-state index in [-0.39, 0.29) is 0 Å². The standard InChI is InChI=1S/C20H23N3/c1-14-11-15-13-18(17-9-5-6-10-21-17)22-20(15)19(12-14)23(2)16-7-3-4-8-16/h5-6,9-13,16,22H,3-4,7-8H2,1-2H3. The average molecular weight is 305 g/mol. The molecule has 23 heavy (non-hydrogen) atoms. The van der Waals surface area contributed by atoms with Gasteiger partial charge in [-0.1, -0.05) is 18.9 Å². The summed E-state index contributed by atoms with van der Waals surface area (Å²) in [6, 6.07) is 13.5. The second kappa shape index (κ2) is 5.73. The summed E-state index contributed by atoms with van der Waals surface area (Å²) in [4.78, 5) is 10.6. The van der Waals surface area contributed by atoms with E-state index in [4.69, 9.17) is 0 Å². The Balaban J connectivity index is 1.82. The lowest BCUT2D eigenvalue weighted by Crippen LogP contribution is -2.29. The summed E-state index contributed by atoms with van der Waals surface area (Å²) in [5.41, 5.74) is 5.94. The Morgan fingerprint density at radius 1 is 1.13 bits per heavy atom. The van der Waals surface area contributed by atoms with Crippen molar-refractivity contribution in [2.24, 2.45) is 0 Å². The fourth-order valence-electron chi connectivity index (χ4n) is 3.80. The van der Waals surface area contributed by atoms with Crippen molar-refractivity contribution in [1.29, 1.82) is 0 Å². The van der Waals surface area contributed by atoms with Crippen LogP contribution in [0.4, 0.5) is 5.69 Å². The van der Waals surface area contributed by atoms with E-state index in [1.807, 2.05) is 18.3 Å². The Labute approximate surface area is 137 Å². The Kier molecular flexibility index (Phi) is 3.56. The highest BCUT2D eigenvalue weighted by Crippen LogP contribution is 2.34. The molecule has 1 aliphatic carbocycles. The molecule has 1 N–H and O–H groups in total. The van der Waals surface area contributed by atoms with E-state index in [0.717, 1.165) is 11.4 Å². The topological polar surface area (TPSA) is 31.9 Å². The van der Waals surface area contributed by atoms with Crippen LogP contribution in [0.2, 0.25) is 0 Å². The first-order valence-corrected chi connectivity index (χ1v) is 8.50. The predicted molar refractivity (Wildman–Crippen MR) is 96.9 cm³/mol. The van der Waals surface area contributed by atoms with Gasteiger partial charge in [-0.25, -0.2) is 0 Å². The van der Waals surface area contributed by atoms with Crippen LogP contribution in [-0.2, 0) is 0 Å². The van der Waals surface area contributed by atoms with E-state index in [1.54, 1.807) is 0 Å². The van der Waals surface area contributed by atoms with Crippen LogP contribution in [0.25, 0.3) is 22.3 Å². The van der Waals surface area contributed by atoms with E-state index in [0.29, 0.717) is 6.04 Å². The van der Waals surface area contributed by atoms with Crippen LogP contribution in [0.1, 0.15) is 31.2 Å². The SMILES string of the molecule is Cc1cc(N(C)C2CCCC2)c2[nH]c(-c3ccccn3)cc2c1. The quantitative estimate of drug-likeness (QED) is 0.745. The summed E-state index contributed by atoms with van der Waals surface area (Å²) in [6.07, 6.45) is 7.17. The number of rotatable bonds is 3. The summed E-state index contributed by atoms with van der Waals surface area (Å²) in [7, 11) is 2.24. The van der Waals surface area contributed by atoms with Gasteiger partial charge in [-0.15, -0.1) is 0 Å². The molecular formula is C20H23N3. The minimum Gasteiger partial charge on any atom is -0.370 e. The second-order valence-electron chi connectivity index (χ2n) is 6.70. The highest BCUT2D eigenvalue weighted by Gasteiger charge is 2.22. The molecule has 1 saturated carbocycles. The van der Waals surface area contributed by atoms with Crippen LogP contribution in [0.15, 0.2) is 42.6 Å². The highest BCUT2D eigenvalue weighted by atomic mass is 15.1. The first-order valence-electron chi connectivity index (χ1n) is 8.50. The monoisotopic (exact) mass is 305 g/mol. The van der Waals surface area contributed by atoms with Gasteiger partial charge in [-0.2, -0.15) is 0 Å². The number of fused-ring (bicyclic) bond motifs is 1. The molecule has 0 unspecified atom stereocenters. The van der Waals surface area contributed by atoms with Gasteiger partial charge in [0.1, 0.15) is 0 Å². The van der Waals surface area contributed by atoms with Gasteiger partial charge in [0.05, 0.1) is 22.6 Å². The van der Waals surface area contributed by atoms with E-state index in [2.05, 4.69) is 53.1 Å². The van der Waals surface area contributed by atoms with Crippen LogP contribution < -0.4 is 4.90 Å². The van der Waals surface area contributed by atoms with Crippen molar-refractivity contribution in [3.05, 3.63) is 48.2 Å². The van der Waals surface area contributed by atoms with Crippen LogP contribution in [-0.4, -0.2) is 23.1 Å². The molecule has 1 aliphatic rings. The molecule has 0 radical (unpaired) electrons. The Bertz CT molecular complexity index is 814. The molecule has 1 aromatic carbocycles. The van der Waals surface area contributed by atoms with Crippen molar-refractivity contribution >= 4 is 16.6 Å². The molecule has 1 fully saturated rings. The average Bonchev–Trinajstić information content (AvgIpc) is 3.23. The molecule has 2 aromatic heterocycles. The Morgan fingerprint density at radius 3 is 2.70 bits per heavy atom. The number of hydrogen-bond donors (Lipinski definition) is 1. The molecule has 2 heterocycles. The zero-order valence-corrected chi connectivity index (χ0v) is 13.8. The molecule has 3 aromatic rings. The maximum atomic E-state index is 4.47. The number of nitrogens with zero attached hydrogens (tertiary/aromatic N) is 2. The smallest absolute Gasteiger partial charge is 0.0864 e. The zero-order chi connectivity index (χ0) is 15.8. The van der Waals surface area contributed by atoms with Gasteiger partial charge in [0.15, 0.2) is 0 Å². The van der Waals surface area contributed by atoms with Gasteiger partial charge < -0.3 is 9.88 Å². The van der Waals surface area contributed by atoms with Gasteiger partial charge in [0, 0.05) is 24.7 Å². The molecule has 0 atom stereocenters. The normalized spacial score (nSPS) is 15.4. The number of pyridine rings is 1. The maximum absolute atomic E-state index is 4.47. The van der Waals surface area contributed by atoms with Gasteiger partial charge in [0.2, 0.25) is 0 Å². The van der Waals surface area contributed by atoms with Crippen molar-refractivity contribution in [2.45, 2.75) is 38.6 Å². The molecule has 0 saturated heterocycles. The maximum Gasteiger partial charge on any atom is 0.0864 e. The third-order valence-electron chi connectivity index (χ3n) is 5.05. The van der Waals surface area contributed by atoms with Gasteiger partial charge in [0.25, 0.3) is 0 Å². The van der Waals surface area contributed by atoms with E-state index in [1.165, 1.54) is 47.8 Å². The minimum atomic E-state index is 0.668. The molecule has 0 aliphatic heterocycles. The molecule has 0 bridgehead atoms. The van der Waals surface area contributed by atoms with Gasteiger partial charge in [-0.05, 0) is 55.7 Å². The molecule has 0 amide bonds. The lowest BCUT2D eigenvalue weighted by molar-refractivity contribution is 0.654. The first-order chi connectivity index (χ1) is 11.2. The van der Waals surface area contributed by atoms with Crippen LogP contribution in [0.3, 0.4) is 0 Å². The summed E-state index contributed by atoms with van der Waals surface area (Å²) >= 11 is 0. The van der Waals surface area contributed by atoms with E-state index < -0.39 is 0 Å². The fourth-order valence-corrected chi connectivity index (χ4v) is 3.80. The third kappa shape index (κ3) is 2.61. The number of anilines is 1. The number of aryl methyl sites for hydroxylation is 1. The number of aromatic amines is 1. The van der Waals surface area contributed by atoms with Gasteiger partial charge >= 0.3 is 0 Å². The number of benzene rings is 1. The van der Waals surface area contributed by atoms with Crippen molar-refractivity contribution in [2.75, 3.05) is 11.9 Å². The first kappa shape index (κ1) is 14.3. The van der Waals surface area contributed by atoms with E-state index >= 15 is 0 Å². The zero-order valence-electron chi connectivity index (χ0n) is 13.8. The predicted octanol–water partition coefficient (Wildman–Crippen LogP) is 4.92. The lowest BCUT2D eigenvalue weighted by atomic mass is 10.1. The second-order valence-corrected chi connectivity index (χ2v) is 6.70. The molecule has 0 spiro atoms. The molecule has 118 valence electrons. The highest BCUT2D eigenvalue weighted by molar-refractivity contribution is 5.95. The summed E-state index contributed by atoms with van der Waals surface area (Å²) in [5.74, 6) is 0. The van der Waals surface area contributed by atoms with Crippen molar-refractivity contribution < 1.29 is 0 Å². The Morgan fingerprint density at radius 2 is 1.96 bits per heavy atom. The van der Waals surface area contributed by atoms with Crippen molar-refractivity contribution in [1.82, 2.24) is 9.97 Å².